The first-order valence-electron chi connectivity index (χ1n) is 6.25. The molecule has 1 aromatic carbocycles. The second kappa shape index (κ2) is 4.40. The molecule has 5 nitrogen and oxygen atoms in total. The Morgan fingerprint density at radius 3 is 2.55 bits per heavy atom. The molecule has 2 fully saturated rings. The topological polar surface area (TPSA) is 63.7 Å². The third kappa shape index (κ3) is 1.88. The van der Waals surface area contributed by atoms with Gasteiger partial charge in [0.1, 0.15) is 5.82 Å². The lowest BCUT2D eigenvalue weighted by Gasteiger charge is -2.16. The van der Waals surface area contributed by atoms with E-state index < -0.39 is 11.8 Å². The summed E-state index contributed by atoms with van der Waals surface area (Å²) in [7, 11) is 1.17. The van der Waals surface area contributed by atoms with E-state index in [0.29, 0.717) is 12.0 Å². The van der Waals surface area contributed by atoms with E-state index in [2.05, 4.69) is 4.74 Å². The predicted molar refractivity (Wildman–Crippen MR) is 64.9 cm³/mol. The highest BCUT2D eigenvalue weighted by Crippen LogP contribution is 2.47. The van der Waals surface area contributed by atoms with Gasteiger partial charge in [0.2, 0.25) is 11.8 Å². The first-order valence-corrected chi connectivity index (χ1v) is 6.25. The van der Waals surface area contributed by atoms with Crippen LogP contribution in [0.3, 0.4) is 0 Å². The molecule has 0 spiro atoms. The monoisotopic (exact) mass is 277 g/mol. The van der Waals surface area contributed by atoms with E-state index in [4.69, 9.17) is 0 Å². The number of carbonyl (C=O) groups is 3. The SMILES string of the molecule is COC(=O)c1ccc(CN2C(=O)C3CC3C2=O)cc1F. The zero-order valence-electron chi connectivity index (χ0n) is 10.8. The number of methoxy groups -OCH3 is 1. The lowest BCUT2D eigenvalue weighted by atomic mass is 10.1. The number of rotatable bonds is 3. The van der Waals surface area contributed by atoms with Gasteiger partial charge in [0.05, 0.1) is 31.1 Å². The van der Waals surface area contributed by atoms with Gasteiger partial charge in [-0.2, -0.15) is 0 Å². The van der Waals surface area contributed by atoms with Crippen molar-refractivity contribution in [3.63, 3.8) is 0 Å². The van der Waals surface area contributed by atoms with Gasteiger partial charge in [-0.3, -0.25) is 14.5 Å². The molecule has 1 aliphatic heterocycles. The van der Waals surface area contributed by atoms with Gasteiger partial charge >= 0.3 is 5.97 Å². The summed E-state index contributed by atoms with van der Waals surface area (Å²) in [4.78, 5) is 36.0. The molecule has 104 valence electrons. The second-order valence-corrected chi connectivity index (χ2v) is 5.02. The van der Waals surface area contributed by atoms with Gasteiger partial charge in [-0.15, -0.1) is 0 Å². The Kier molecular flexibility index (Phi) is 2.81. The number of nitrogens with zero attached hydrogens (tertiary/aromatic N) is 1. The van der Waals surface area contributed by atoms with Crippen molar-refractivity contribution in [1.29, 1.82) is 0 Å². The number of hydrogen-bond acceptors (Lipinski definition) is 4. The lowest BCUT2D eigenvalue weighted by Crippen LogP contribution is -2.32. The summed E-state index contributed by atoms with van der Waals surface area (Å²) < 4.78 is 18.2. The molecule has 1 heterocycles. The third-order valence-corrected chi connectivity index (χ3v) is 3.74. The number of fused-ring (bicyclic) bond motifs is 1. The molecule has 2 amide bonds. The van der Waals surface area contributed by atoms with Crippen LogP contribution < -0.4 is 0 Å². The maximum atomic E-state index is 13.8. The molecule has 1 saturated heterocycles. The summed E-state index contributed by atoms with van der Waals surface area (Å²) in [5, 5.41) is 0. The third-order valence-electron chi connectivity index (χ3n) is 3.74. The number of benzene rings is 1. The van der Waals surface area contributed by atoms with Crippen LogP contribution in [0.1, 0.15) is 22.3 Å². The molecule has 1 aromatic rings. The Labute approximate surface area is 114 Å². The number of carbonyl (C=O) groups excluding carboxylic acids is 3. The van der Waals surface area contributed by atoms with Crippen LogP contribution in [-0.4, -0.2) is 29.8 Å². The maximum absolute atomic E-state index is 13.8. The van der Waals surface area contributed by atoms with Gasteiger partial charge in [-0.05, 0) is 24.1 Å². The minimum absolute atomic E-state index is 0.0447. The van der Waals surface area contributed by atoms with Crippen LogP contribution in [0.5, 0.6) is 0 Å². The first-order chi connectivity index (χ1) is 9.52. The molecule has 6 heteroatoms. The van der Waals surface area contributed by atoms with Crippen LogP contribution in [-0.2, 0) is 20.9 Å². The second-order valence-electron chi connectivity index (χ2n) is 5.02. The van der Waals surface area contributed by atoms with Gasteiger partial charge in [0.15, 0.2) is 0 Å². The van der Waals surface area contributed by atoms with Crippen molar-refractivity contribution in [1.82, 2.24) is 4.90 Å². The number of likely N-dealkylation sites (tertiary alicyclic amines) is 1. The zero-order chi connectivity index (χ0) is 14.4. The van der Waals surface area contributed by atoms with Crippen molar-refractivity contribution in [3.8, 4) is 0 Å². The molecule has 0 bridgehead atoms. The number of ether oxygens (including phenoxy) is 1. The highest BCUT2D eigenvalue weighted by Gasteiger charge is 2.58. The summed E-state index contributed by atoms with van der Waals surface area (Å²) in [5.41, 5.74) is 0.302. The van der Waals surface area contributed by atoms with Crippen molar-refractivity contribution in [2.75, 3.05) is 7.11 Å². The number of piperidine rings is 1. The van der Waals surface area contributed by atoms with Crippen molar-refractivity contribution in [2.24, 2.45) is 11.8 Å². The number of imide groups is 1. The average Bonchev–Trinajstić information content (AvgIpc) is 3.18. The molecule has 2 unspecified atom stereocenters. The number of halogens is 1. The molecule has 0 N–H and O–H groups in total. The first kappa shape index (κ1) is 12.8. The Bertz CT molecular complexity index is 608. The smallest absolute Gasteiger partial charge is 0.340 e. The van der Waals surface area contributed by atoms with E-state index in [1.54, 1.807) is 0 Å². The molecule has 0 radical (unpaired) electrons. The number of esters is 1. The molecule has 2 aliphatic rings. The molecular weight excluding hydrogens is 265 g/mol. The van der Waals surface area contributed by atoms with Crippen molar-refractivity contribution in [2.45, 2.75) is 13.0 Å². The molecule has 3 rings (SSSR count). The van der Waals surface area contributed by atoms with Gasteiger partial charge in [0.25, 0.3) is 0 Å². The fourth-order valence-corrected chi connectivity index (χ4v) is 2.52. The molecule has 0 aromatic heterocycles. The summed E-state index contributed by atoms with van der Waals surface area (Å²) >= 11 is 0. The number of amides is 2. The minimum atomic E-state index is -0.761. The summed E-state index contributed by atoms with van der Waals surface area (Å²) in [6.45, 7) is 0.0447. The average molecular weight is 277 g/mol. The minimum Gasteiger partial charge on any atom is -0.465 e. The van der Waals surface area contributed by atoms with Gasteiger partial charge < -0.3 is 4.74 Å². The van der Waals surface area contributed by atoms with Crippen LogP contribution in [0.15, 0.2) is 18.2 Å². The van der Waals surface area contributed by atoms with Gasteiger partial charge in [0, 0.05) is 0 Å². The van der Waals surface area contributed by atoms with Crippen LogP contribution >= 0.6 is 0 Å². The van der Waals surface area contributed by atoms with E-state index in [9.17, 15) is 18.8 Å². The van der Waals surface area contributed by atoms with Gasteiger partial charge in [-0.25, -0.2) is 9.18 Å². The summed E-state index contributed by atoms with van der Waals surface area (Å²) in [6, 6.07) is 3.96. The Balaban J connectivity index is 1.79. The molecule has 2 atom stereocenters. The maximum Gasteiger partial charge on any atom is 0.340 e. The molecule has 1 saturated carbocycles. The highest BCUT2D eigenvalue weighted by molar-refractivity contribution is 6.08. The lowest BCUT2D eigenvalue weighted by molar-refractivity contribution is -0.142. The van der Waals surface area contributed by atoms with Gasteiger partial charge in [-0.1, -0.05) is 6.07 Å². The summed E-state index contributed by atoms with van der Waals surface area (Å²) in [6.07, 6.45) is 0.643. The molecular formula is C14H12FNO4. The van der Waals surface area contributed by atoms with E-state index in [1.165, 1.54) is 19.2 Å². The zero-order valence-corrected chi connectivity index (χ0v) is 10.8. The van der Waals surface area contributed by atoms with E-state index >= 15 is 0 Å². The normalized spacial score (nSPS) is 23.8. The van der Waals surface area contributed by atoms with Crippen LogP contribution in [0, 0.1) is 17.7 Å². The Morgan fingerprint density at radius 2 is 2.00 bits per heavy atom. The predicted octanol–water partition coefficient (Wildman–Crippen LogP) is 1.12. The van der Waals surface area contributed by atoms with Crippen molar-refractivity contribution < 1.29 is 23.5 Å². The standard InChI is InChI=1S/C14H12FNO4/c1-20-14(19)8-3-2-7(4-11(8)15)6-16-12(17)9-5-10(9)13(16)18/h2-4,9-10H,5-6H2,1H3. The Morgan fingerprint density at radius 1 is 1.35 bits per heavy atom. The summed E-state index contributed by atoms with van der Waals surface area (Å²) in [5.74, 6) is -2.18. The fourth-order valence-electron chi connectivity index (χ4n) is 2.52. The molecule has 1 aliphatic carbocycles. The largest absolute Gasteiger partial charge is 0.465 e. The van der Waals surface area contributed by atoms with Crippen LogP contribution in [0.25, 0.3) is 0 Å². The van der Waals surface area contributed by atoms with Crippen LogP contribution in [0.4, 0.5) is 4.39 Å². The molecule has 20 heavy (non-hydrogen) atoms. The highest BCUT2D eigenvalue weighted by atomic mass is 19.1. The fraction of sp³-hybridized carbons (Fsp3) is 0.357. The Hall–Kier alpha value is -2.24. The van der Waals surface area contributed by atoms with E-state index in [-0.39, 0.29) is 35.8 Å². The van der Waals surface area contributed by atoms with Crippen molar-refractivity contribution in [3.05, 3.63) is 35.1 Å². The quantitative estimate of drug-likeness (QED) is 0.613. The van der Waals surface area contributed by atoms with Crippen molar-refractivity contribution >= 4 is 17.8 Å². The number of hydrogen-bond donors (Lipinski definition) is 0. The van der Waals surface area contributed by atoms with E-state index in [1.807, 2.05) is 0 Å². The van der Waals surface area contributed by atoms with E-state index in [0.717, 1.165) is 11.0 Å². The van der Waals surface area contributed by atoms with Crippen LogP contribution in [0.2, 0.25) is 0 Å².